The molecule has 0 saturated carbocycles. The molecule has 0 aromatic heterocycles. The van der Waals surface area contributed by atoms with Crippen LogP contribution < -0.4 is 5.32 Å². The first-order chi connectivity index (χ1) is 10.4. The van der Waals surface area contributed by atoms with Crippen molar-refractivity contribution in [3.05, 3.63) is 12.7 Å². The first-order valence-corrected chi connectivity index (χ1v) is 10.0. The van der Waals surface area contributed by atoms with Crippen molar-refractivity contribution in [2.45, 2.75) is 33.1 Å². The van der Waals surface area contributed by atoms with Crippen molar-refractivity contribution in [2.75, 3.05) is 37.7 Å². The van der Waals surface area contributed by atoms with E-state index < -0.39 is 9.84 Å². The monoisotopic (exact) mass is 455 g/mol. The predicted molar refractivity (Wildman–Crippen MR) is 107 cm³/mol. The molecule has 2 saturated heterocycles. The Bertz CT molecular complexity index is 535. The molecule has 7 heteroatoms. The Labute approximate surface area is 157 Å². The molecule has 2 unspecified atom stereocenters. The van der Waals surface area contributed by atoms with Gasteiger partial charge in [-0.1, -0.05) is 19.9 Å². The average molecular weight is 455 g/mol. The highest BCUT2D eigenvalue weighted by atomic mass is 127. The SMILES string of the molecule is C=CCNC(=NCC1CCS(=O)(=O)C1)N1CCC(C)(CC)C1.I. The Morgan fingerprint density at radius 2 is 2.26 bits per heavy atom. The second-order valence-electron chi connectivity index (χ2n) is 6.94. The zero-order valence-corrected chi connectivity index (χ0v) is 17.4. The summed E-state index contributed by atoms with van der Waals surface area (Å²) in [7, 11) is -2.82. The number of sulfone groups is 1. The molecule has 0 bridgehead atoms. The van der Waals surface area contributed by atoms with Crippen LogP contribution in [-0.4, -0.2) is 57.0 Å². The standard InChI is InChI=1S/C16H29N3O2S.HI/c1-4-8-17-15(19-9-7-16(3,5-2)13-19)18-11-14-6-10-22(20,21)12-14;/h4,14H,1,5-13H2,2-3H3,(H,17,18);1H. The fourth-order valence-electron chi connectivity index (χ4n) is 3.16. The molecule has 1 N–H and O–H groups in total. The predicted octanol–water partition coefficient (Wildman–Crippen LogP) is 2.29. The maximum atomic E-state index is 11.6. The van der Waals surface area contributed by atoms with Gasteiger partial charge in [-0.25, -0.2) is 8.42 Å². The Balaban J connectivity index is 0.00000264. The molecule has 2 heterocycles. The lowest BCUT2D eigenvalue weighted by molar-refractivity contribution is 0.322. The van der Waals surface area contributed by atoms with Crippen molar-refractivity contribution < 1.29 is 8.42 Å². The third-order valence-corrected chi connectivity index (χ3v) is 6.78. The van der Waals surface area contributed by atoms with Crippen LogP contribution in [-0.2, 0) is 9.84 Å². The molecule has 0 amide bonds. The van der Waals surface area contributed by atoms with Crippen LogP contribution in [0.25, 0.3) is 0 Å². The van der Waals surface area contributed by atoms with Crippen LogP contribution in [0.2, 0.25) is 0 Å². The van der Waals surface area contributed by atoms with E-state index in [2.05, 4.69) is 30.6 Å². The number of guanidine groups is 1. The van der Waals surface area contributed by atoms with Crippen molar-refractivity contribution >= 4 is 39.8 Å². The topological polar surface area (TPSA) is 61.8 Å². The molecule has 2 rings (SSSR count). The van der Waals surface area contributed by atoms with Gasteiger partial charge >= 0.3 is 0 Å². The van der Waals surface area contributed by atoms with Crippen LogP contribution in [0.1, 0.15) is 33.1 Å². The summed E-state index contributed by atoms with van der Waals surface area (Å²) in [5, 5.41) is 3.33. The van der Waals surface area contributed by atoms with Crippen molar-refractivity contribution in [1.29, 1.82) is 0 Å². The molecule has 5 nitrogen and oxygen atoms in total. The summed E-state index contributed by atoms with van der Waals surface area (Å²) in [6.45, 7) is 11.6. The van der Waals surface area contributed by atoms with E-state index in [1.165, 1.54) is 12.8 Å². The second kappa shape index (κ2) is 8.69. The van der Waals surface area contributed by atoms with Crippen LogP contribution in [0.5, 0.6) is 0 Å². The Morgan fingerprint density at radius 3 is 2.78 bits per heavy atom. The average Bonchev–Trinajstić information content (AvgIpc) is 3.03. The lowest BCUT2D eigenvalue weighted by atomic mass is 9.87. The van der Waals surface area contributed by atoms with E-state index in [1.54, 1.807) is 0 Å². The van der Waals surface area contributed by atoms with Crippen molar-refractivity contribution in [2.24, 2.45) is 16.3 Å². The third kappa shape index (κ3) is 5.92. The fourth-order valence-corrected chi connectivity index (χ4v) is 5.01. The molecule has 2 atom stereocenters. The number of hydrogen-bond acceptors (Lipinski definition) is 3. The van der Waals surface area contributed by atoms with Crippen molar-refractivity contribution in [1.82, 2.24) is 10.2 Å². The Morgan fingerprint density at radius 1 is 1.52 bits per heavy atom. The summed E-state index contributed by atoms with van der Waals surface area (Å²) in [6, 6.07) is 0. The highest BCUT2D eigenvalue weighted by molar-refractivity contribution is 14.0. The van der Waals surface area contributed by atoms with Gasteiger partial charge in [-0.15, -0.1) is 30.6 Å². The number of aliphatic imine (C=N–C) groups is 1. The molecule has 23 heavy (non-hydrogen) atoms. The summed E-state index contributed by atoms with van der Waals surface area (Å²) in [6.07, 6.45) is 4.91. The van der Waals surface area contributed by atoms with Crippen LogP contribution >= 0.6 is 24.0 Å². The highest BCUT2D eigenvalue weighted by Gasteiger charge is 2.34. The molecule has 0 aromatic rings. The molecule has 2 aliphatic heterocycles. The minimum atomic E-state index is -2.82. The molecule has 2 aliphatic rings. The number of rotatable bonds is 5. The number of likely N-dealkylation sites (tertiary alicyclic amines) is 1. The summed E-state index contributed by atoms with van der Waals surface area (Å²) in [4.78, 5) is 7.01. The van der Waals surface area contributed by atoms with E-state index in [-0.39, 0.29) is 35.6 Å². The number of nitrogens with zero attached hydrogens (tertiary/aromatic N) is 2. The minimum Gasteiger partial charge on any atom is -0.353 e. The first-order valence-electron chi connectivity index (χ1n) is 8.22. The van der Waals surface area contributed by atoms with Crippen molar-refractivity contribution in [3.8, 4) is 0 Å². The number of halogens is 1. The second-order valence-corrected chi connectivity index (χ2v) is 9.17. The molecule has 0 aromatic carbocycles. The zero-order valence-electron chi connectivity index (χ0n) is 14.3. The van der Waals surface area contributed by atoms with Crippen LogP contribution in [0.4, 0.5) is 0 Å². The number of hydrogen-bond donors (Lipinski definition) is 1. The maximum Gasteiger partial charge on any atom is 0.194 e. The van der Waals surface area contributed by atoms with E-state index in [1.807, 2.05) is 6.08 Å². The normalized spacial score (nSPS) is 30.1. The van der Waals surface area contributed by atoms with E-state index in [4.69, 9.17) is 4.99 Å². The molecular formula is C16H30IN3O2S. The summed E-state index contributed by atoms with van der Waals surface area (Å²) in [5.41, 5.74) is 0.354. The van der Waals surface area contributed by atoms with Crippen molar-refractivity contribution in [3.63, 3.8) is 0 Å². The smallest absolute Gasteiger partial charge is 0.194 e. The zero-order chi connectivity index (χ0) is 16.2. The lowest BCUT2D eigenvalue weighted by Crippen LogP contribution is -2.41. The minimum absolute atomic E-state index is 0. The van der Waals surface area contributed by atoms with Crippen LogP contribution in [0.3, 0.4) is 0 Å². The van der Waals surface area contributed by atoms with Gasteiger partial charge in [0.15, 0.2) is 15.8 Å². The van der Waals surface area contributed by atoms with Gasteiger partial charge in [0, 0.05) is 26.2 Å². The molecule has 2 fully saturated rings. The molecule has 134 valence electrons. The van der Waals surface area contributed by atoms with Gasteiger partial charge in [-0.05, 0) is 30.6 Å². The van der Waals surface area contributed by atoms with Gasteiger partial charge in [0.1, 0.15) is 0 Å². The Hall–Kier alpha value is -0.310. The summed E-state index contributed by atoms with van der Waals surface area (Å²) < 4.78 is 23.1. The lowest BCUT2D eigenvalue weighted by Gasteiger charge is -2.25. The van der Waals surface area contributed by atoms with Gasteiger partial charge in [0.05, 0.1) is 11.5 Å². The van der Waals surface area contributed by atoms with Gasteiger partial charge in [0.25, 0.3) is 0 Å². The highest BCUT2D eigenvalue weighted by Crippen LogP contribution is 2.33. The fraction of sp³-hybridized carbons (Fsp3) is 0.812. The van der Waals surface area contributed by atoms with Crippen LogP contribution in [0.15, 0.2) is 17.6 Å². The van der Waals surface area contributed by atoms with Gasteiger partial charge < -0.3 is 10.2 Å². The maximum absolute atomic E-state index is 11.6. The van der Waals surface area contributed by atoms with E-state index >= 15 is 0 Å². The van der Waals surface area contributed by atoms with Gasteiger partial charge in [0.2, 0.25) is 0 Å². The quantitative estimate of drug-likeness (QED) is 0.299. The molecule has 0 aliphatic carbocycles. The largest absolute Gasteiger partial charge is 0.353 e. The molecule has 0 spiro atoms. The van der Waals surface area contributed by atoms with Gasteiger partial charge in [-0.3, -0.25) is 4.99 Å². The van der Waals surface area contributed by atoms with E-state index in [9.17, 15) is 8.42 Å². The molecular weight excluding hydrogens is 425 g/mol. The summed E-state index contributed by atoms with van der Waals surface area (Å²) >= 11 is 0. The Kier molecular flexibility index (Phi) is 7.83. The van der Waals surface area contributed by atoms with E-state index in [0.717, 1.165) is 25.5 Å². The first kappa shape index (κ1) is 20.7. The van der Waals surface area contributed by atoms with Gasteiger partial charge in [-0.2, -0.15) is 0 Å². The van der Waals surface area contributed by atoms with E-state index in [0.29, 0.717) is 24.3 Å². The third-order valence-electron chi connectivity index (χ3n) is 4.94. The number of nitrogens with one attached hydrogen (secondary N) is 1. The molecule has 0 radical (unpaired) electrons. The van der Waals surface area contributed by atoms with Crippen LogP contribution in [0, 0.1) is 11.3 Å². The summed E-state index contributed by atoms with van der Waals surface area (Å²) in [5.74, 6) is 1.69.